The molecule has 1 heterocycles. The molecule has 0 fully saturated rings. The van der Waals surface area contributed by atoms with E-state index < -0.39 is 0 Å². The molecule has 1 aromatic heterocycles. The van der Waals surface area contributed by atoms with Gasteiger partial charge in [-0.25, -0.2) is 0 Å². The second kappa shape index (κ2) is 11.9. The summed E-state index contributed by atoms with van der Waals surface area (Å²) in [6.45, 7) is 5.04. The SMILES string of the molecule is C\C=C(/C(Cl)=C\C=C\NSc1ccc(N(S)CCC)cc1)c1nccc2ccccc12. The van der Waals surface area contributed by atoms with Crippen molar-refractivity contribution in [3.63, 3.8) is 0 Å². The van der Waals surface area contributed by atoms with Gasteiger partial charge in [0.1, 0.15) is 0 Å². The van der Waals surface area contributed by atoms with Gasteiger partial charge in [0.15, 0.2) is 0 Å². The lowest BCUT2D eigenvalue weighted by Crippen LogP contribution is -2.10. The average Bonchev–Trinajstić information content (AvgIpc) is 2.80. The first kappa shape index (κ1) is 23.3. The molecule has 0 atom stereocenters. The number of hydrogen-bond acceptors (Lipinski definition) is 5. The molecule has 0 spiro atoms. The Morgan fingerprint density at radius 3 is 2.68 bits per heavy atom. The molecule has 2 aromatic carbocycles. The first-order valence-corrected chi connectivity index (χ1v) is 11.8. The molecule has 160 valence electrons. The number of anilines is 1. The Kier molecular flexibility index (Phi) is 8.95. The second-order valence-corrected chi connectivity index (χ2v) is 8.59. The first-order chi connectivity index (χ1) is 15.1. The van der Waals surface area contributed by atoms with Crippen LogP contribution in [0.1, 0.15) is 26.0 Å². The van der Waals surface area contributed by atoms with Gasteiger partial charge in [0.2, 0.25) is 0 Å². The molecule has 0 saturated heterocycles. The minimum Gasteiger partial charge on any atom is -0.332 e. The van der Waals surface area contributed by atoms with Gasteiger partial charge in [0.05, 0.1) is 5.69 Å². The number of benzene rings is 2. The van der Waals surface area contributed by atoms with Gasteiger partial charge in [-0.1, -0.05) is 61.7 Å². The van der Waals surface area contributed by atoms with Crippen LogP contribution in [0.3, 0.4) is 0 Å². The summed E-state index contributed by atoms with van der Waals surface area (Å²) in [6, 6.07) is 18.5. The van der Waals surface area contributed by atoms with Gasteiger partial charge in [-0.2, -0.15) is 0 Å². The molecule has 0 radical (unpaired) electrons. The number of rotatable bonds is 9. The molecular formula is C25H26ClN3S2. The van der Waals surface area contributed by atoms with Crippen LogP contribution in [0.15, 0.2) is 95.1 Å². The molecule has 0 amide bonds. The molecular weight excluding hydrogens is 442 g/mol. The third-order valence-corrected chi connectivity index (χ3v) is 6.15. The minimum atomic E-state index is 0.642. The molecule has 6 heteroatoms. The number of pyridine rings is 1. The maximum Gasteiger partial charge on any atom is 0.0791 e. The zero-order valence-electron chi connectivity index (χ0n) is 17.6. The predicted molar refractivity (Wildman–Crippen MR) is 141 cm³/mol. The van der Waals surface area contributed by atoms with Crippen LogP contribution < -0.4 is 9.03 Å². The van der Waals surface area contributed by atoms with E-state index in [-0.39, 0.29) is 0 Å². The molecule has 0 saturated carbocycles. The number of allylic oxidation sites excluding steroid dienone is 5. The van der Waals surface area contributed by atoms with Crippen LogP contribution in [0, 0.1) is 0 Å². The monoisotopic (exact) mass is 467 g/mol. The van der Waals surface area contributed by atoms with E-state index in [2.05, 4.69) is 65.8 Å². The highest BCUT2D eigenvalue weighted by Crippen LogP contribution is 2.30. The van der Waals surface area contributed by atoms with E-state index in [0.717, 1.165) is 45.6 Å². The largest absolute Gasteiger partial charge is 0.332 e. The Hall–Kier alpha value is -2.34. The zero-order chi connectivity index (χ0) is 22.1. The van der Waals surface area contributed by atoms with Crippen molar-refractivity contribution in [2.75, 3.05) is 10.8 Å². The van der Waals surface area contributed by atoms with E-state index in [9.17, 15) is 0 Å². The predicted octanol–water partition coefficient (Wildman–Crippen LogP) is 7.63. The molecule has 0 bridgehead atoms. The molecule has 0 aliphatic carbocycles. The van der Waals surface area contributed by atoms with Crippen LogP contribution in [0.5, 0.6) is 0 Å². The average molecular weight is 468 g/mol. The summed E-state index contributed by atoms with van der Waals surface area (Å²) in [7, 11) is 0. The minimum absolute atomic E-state index is 0.642. The van der Waals surface area contributed by atoms with Crippen molar-refractivity contribution in [1.29, 1.82) is 0 Å². The van der Waals surface area contributed by atoms with Crippen LogP contribution in [0.4, 0.5) is 5.69 Å². The smallest absolute Gasteiger partial charge is 0.0791 e. The van der Waals surface area contributed by atoms with E-state index in [4.69, 9.17) is 11.6 Å². The summed E-state index contributed by atoms with van der Waals surface area (Å²) in [6.07, 6.45) is 10.5. The Morgan fingerprint density at radius 2 is 1.94 bits per heavy atom. The van der Waals surface area contributed by atoms with Crippen molar-refractivity contribution in [2.45, 2.75) is 25.2 Å². The quantitative estimate of drug-likeness (QED) is 0.192. The number of aromatic nitrogens is 1. The van der Waals surface area contributed by atoms with Gasteiger partial charge < -0.3 is 9.03 Å². The first-order valence-electron chi connectivity index (χ1n) is 10.2. The van der Waals surface area contributed by atoms with Gasteiger partial charge in [0.25, 0.3) is 0 Å². The molecule has 3 nitrogen and oxygen atoms in total. The normalized spacial score (nSPS) is 12.5. The molecule has 3 rings (SSSR count). The summed E-state index contributed by atoms with van der Waals surface area (Å²) in [5.74, 6) is 0. The van der Waals surface area contributed by atoms with Gasteiger partial charge in [-0.15, -0.1) is 0 Å². The fourth-order valence-corrected chi connectivity index (χ4v) is 4.27. The molecule has 1 N–H and O–H groups in total. The highest BCUT2D eigenvalue weighted by molar-refractivity contribution is 7.97. The van der Waals surface area contributed by atoms with E-state index in [1.807, 2.05) is 60.1 Å². The second-order valence-electron chi connectivity index (χ2n) is 6.79. The van der Waals surface area contributed by atoms with E-state index in [1.54, 1.807) is 0 Å². The third kappa shape index (κ3) is 6.33. The standard InChI is InChI=1S/C25H26ClN3S2/c1-3-18-29(30)20-11-13-21(14-12-20)31-28-16-7-10-24(26)22(4-2)25-23-9-6-5-8-19(23)15-17-27-25/h4-17,28,30H,3,18H2,1-2H3/b16-7+,22-4+,24-10+. The summed E-state index contributed by atoms with van der Waals surface area (Å²) < 4.78 is 5.18. The van der Waals surface area contributed by atoms with Gasteiger partial charge in [-0.3, -0.25) is 4.98 Å². The molecule has 0 aliphatic heterocycles. The van der Waals surface area contributed by atoms with Gasteiger partial charge >= 0.3 is 0 Å². The lowest BCUT2D eigenvalue weighted by Gasteiger charge is -2.16. The van der Waals surface area contributed by atoms with Crippen LogP contribution in [-0.4, -0.2) is 11.5 Å². The Morgan fingerprint density at radius 1 is 1.16 bits per heavy atom. The summed E-state index contributed by atoms with van der Waals surface area (Å²) in [4.78, 5) is 5.69. The van der Waals surface area contributed by atoms with Crippen LogP contribution >= 0.6 is 36.4 Å². The van der Waals surface area contributed by atoms with E-state index in [0.29, 0.717) is 5.03 Å². The van der Waals surface area contributed by atoms with Crippen molar-refractivity contribution < 1.29 is 0 Å². The Bertz CT molecular complexity index is 1090. The van der Waals surface area contributed by atoms with E-state index in [1.165, 1.54) is 11.9 Å². The lowest BCUT2D eigenvalue weighted by atomic mass is 10.0. The summed E-state index contributed by atoms with van der Waals surface area (Å²) in [5, 5.41) is 2.87. The van der Waals surface area contributed by atoms with Gasteiger partial charge in [0, 0.05) is 45.5 Å². The van der Waals surface area contributed by atoms with Crippen LogP contribution in [-0.2, 0) is 0 Å². The molecule has 31 heavy (non-hydrogen) atoms. The maximum absolute atomic E-state index is 6.61. The van der Waals surface area contributed by atoms with Crippen molar-refractivity contribution in [3.8, 4) is 0 Å². The zero-order valence-corrected chi connectivity index (χ0v) is 20.1. The summed E-state index contributed by atoms with van der Waals surface area (Å²) in [5.41, 5.74) is 2.90. The fraction of sp³-hybridized carbons (Fsp3) is 0.160. The molecule has 0 unspecified atom stereocenters. The Balaban J connectivity index is 1.61. The van der Waals surface area contributed by atoms with Crippen molar-refractivity contribution >= 4 is 58.4 Å². The number of nitrogens with zero attached hydrogens (tertiary/aromatic N) is 2. The van der Waals surface area contributed by atoms with Crippen molar-refractivity contribution in [3.05, 3.63) is 95.9 Å². The summed E-state index contributed by atoms with van der Waals surface area (Å²) >= 11 is 12.6. The van der Waals surface area contributed by atoms with E-state index >= 15 is 0 Å². The maximum atomic E-state index is 6.61. The highest BCUT2D eigenvalue weighted by Gasteiger charge is 2.09. The lowest BCUT2D eigenvalue weighted by molar-refractivity contribution is 0.933. The highest BCUT2D eigenvalue weighted by atomic mass is 35.5. The number of thiol groups is 1. The van der Waals surface area contributed by atoms with Crippen molar-refractivity contribution in [1.82, 2.24) is 9.71 Å². The molecule has 3 aromatic rings. The van der Waals surface area contributed by atoms with Gasteiger partial charge in [-0.05, 0) is 73.2 Å². The Labute approximate surface area is 199 Å². The molecule has 0 aliphatic rings. The van der Waals surface area contributed by atoms with Crippen LogP contribution in [0.25, 0.3) is 16.3 Å². The van der Waals surface area contributed by atoms with Crippen LogP contribution in [0.2, 0.25) is 0 Å². The fourth-order valence-electron chi connectivity index (χ4n) is 3.11. The number of hydrogen-bond donors (Lipinski definition) is 2. The third-order valence-electron chi connectivity index (χ3n) is 4.63. The topological polar surface area (TPSA) is 28.2 Å². The number of halogens is 1. The van der Waals surface area contributed by atoms with Crippen molar-refractivity contribution in [2.24, 2.45) is 0 Å². The number of fused-ring (bicyclic) bond motifs is 1. The number of nitrogens with one attached hydrogen (secondary N) is 1.